The number of halogens is 1. The van der Waals surface area contributed by atoms with Gasteiger partial charge in [0.15, 0.2) is 5.78 Å². The molecular weight excluding hydrogens is 401 g/mol. The second-order valence-electron chi connectivity index (χ2n) is 4.72. The first-order valence-corrected chi connectivity index (χ1v) is 9.12. The van der Waals surface area contributed by atoms with Crippen LogP contribution in [0.25, 0.3) is 0 Å². The van der Waals surface area contributed by atoms with Crippen LogP contribution in [0.5, 0.6) is 0 Å². The summed E-state index contributed by atoms with van der Waals surface area (Å²) in [4.78, 5) is 12.5. The van der Waals surface area contributed by atoms with Crippen molar-refractivity contribution in [1.29, 1.82) is 0 Å². The quantitative estimate of drug-likeness (QED) is 0.616. The normalized spacial score (nSPS) is 11.2. The number of ketones is 1. The molecule has 0 amide bonds. The second-order valence-corrected chi connectivity index (χ2v) is 7.54. The van der Waals surface area contributed by atoms with E-state index >= 15 is 0 Å². The Morgan fingerprint density at radius 1 is 1.10 bits per heavy atom. The van der Waals surface area contributed by atoms with Gasteiger partial charge in [-0.3, -0.25) is 9.52 Å². The maximum Gasteiger partial charge on any atom is 0.229 e. The van der Waals surface area contributed by atoms with Gasteiger partial charge in [0.1, 0.15) is 0 Å². The highest BCUT2D eigenvalue weighted by Gasteiger charge is 2.13. The predicted octanol–water partition coefficient (Wildman–Crippen LogP) is 3.20. The second kappa shape index (κ2) is 6.15. The molecule has 0 heterocycles. The van der Waals surface area contributed by atoms with Gasteiger partial charge < -0.3 is 0 Å². The van der Waals surface area contributed by atoms with E-state index in [9.17, 15) is 13.2 Å². The molecule has 0 aliphatic rings. The van der Waals surface area contributed by atoms with Crippen molar-refractivity contribution < 1.29 is 13.2 Å². The Morgan fingerprint density at radius 2 is 1.71 bits per heavy atom. The van der Waals surface area contributed by atoms with E-state index < -0.39 is 10.0 Å². The van der Waals surface area contributed by atoms with E-state index in [2.05, 4.69) is 27.3 Å². The van der Waals surface area contributed by atoms with Crippen LogP contribution in [0.4, 0.5) is 5.69 Å². The fourth-order valence-corrected chi connectivity index (χ4v) is 3.05. The van der Waals surface area contributed by atoms with E-state index in [4.69, 9.17) is 0 Å². The highest BCUT2D eigenvalue weighted by atomic mass is 127. The standard InChI is InChI=1S/C15H14INO3S/c1-10-4-3-5-13(14(10)16)15(18)11-6-8-12(9-7-11)17-21(2,19)20/h3-9,17H,1-2H3. The summed E-state index contributed by atoms with van der Waals surface area (Å²) < 4.78 is 25.6. The number of carbonyl (C=O) groups excluding carboxylic acids is 1. The molecule has 110 valence electrons. The molecule has 2 aromatic rings. The Balaban J connectivity index is 2.30. The first-order valence-electron chi connectivity index (χ1n) is 6.15. The zero-order valence-electron chi connectivity index (χ0n) is 11.6. The van der Waals surface area contributed by atoms with Gasteiger partial charge >= 0.3 is 0 Å². The van der Waals surface area contributed by atoms with Crippen LogP contribution in [0.2, 0.25) is 0 Å². The van der Waals surface area contributed by atoms with Gasteiger partial charge in [-0.25, -0.2) is 8.42 Å². The molecule has 1 N–H and O–H groups in total. The molecule has 0 aliphatic carbocycles. The number of rotatable bonds is 4. The van der Waals surface area contributed by atoms with Gasteiger partial charge in [-0.15, -0.1) is 0 Å². The number of carbonyl (C=O) groups is 1. The van der Waals surface area contributed by atoms with Crippen LogP contribution in [0, 0.1) is 10.5 Å². The smallest absolute Gasteiger partial charge is 0.229 e. The lowest BCUT2D eigenvalue weighted by Crippen LogP contribution is -2.10. The molecule has 0 fully saturated rings. The third-order valence-electron chi connectivity index (χ3n) is 2.89. The first kappa shape index (κ1) is 16.0. The minimum atomic E-state index is -3.31. The average molecular weight is 415 g/mol. The number of anilines is 1. The fourth-order valence-electron chi connectivity index (χ4n) is 1.88. The molecular formula is C15H14INO3S. The van der Waals surface area contributed by atoms with Crippen LogP contribution in [-0.4, -0.2) is 20.5 Å². The number of nitrogens with one attached hydrogen (secondary N) is 1. The zero-order chi connectivity index (χ0) is 15.6. The number of hydrogen-bond donors (Lipinski definition) is 1. The van der Waals surface area contributed by atoms with Crippen LogP contribution >= 0.6 is 22.6 Å². The Kier molecular flexibility index (Phi) is 4.67. The monoisotopic (exact) mass is 415 g/mol. The molecule has 0 bridgehead atoms. The predicted molar refractivity (Wildman–Crippen MR) is 92.2 cm³/mol. The van der Waals surface area contributed by atoms with Crippen molar-refractivity contribution in [1.82, 2.24) is 0 Å². The zero-order valence-corrected chi connectivity index (χ0v) is 14.5. The lowest BCUT2D eigenvalue weighted by molar-refractivity contribution is 0.103. The molecule has 6 heteroatoms. The Bertz CT molecular complexity index is 783. The molecule has 0 spiro atoms. The summed E-state index contributed by atoms with van der Waals surface area (Å²) in [5, 5.41) is 0. The molecule has 0 saturated carbocycles. The molecule has 0 saturated heterocycles. The van der Waals surface area contributed by atoms with Gasteiger partial charge in [-0.05, 0) is 65.4 Å². The van der Waals surface area contributed by atoms with Crippen LogP contribution < -0.4 is 4.72 Å². The molecule has 0 radical (unpaired) electrons. The molecule has 0 unspecified atom stereocenters. The summed E-state index contributed by atoms with van der Waals surface area (Å²) in [7, 11) is -3.31. The largest absolute Gasteiger partial charge is 0.289 e. The lowest BCUT2D eigenvalue weighted by atomic mass is 10.0. The minimum absolute atomic E-state index is 0.0750. The number of benzene rings is 2. The summed E-state index contributed by atoms with van der Waals surface area (Å²) in [6.45, 7) is 1.96. The SMILES string of the molecule is Cc1cccc(C(=O)c2ccc(NS(C)(=O)=O)cc2)c1I. The molecule has 4 nitrogen and oxygen atoms in total. The van der Waals surface area contributed by atoms with Crippen LogP contribution in [0.1, 0.15) is 21.5 Å². The third-order valence-corrected chi connectivity index (χ3v) is 4.93. The van der Waals surface area contributed by atoms with Gasteiger partial charge in [0.25, 0.3) is 0 Å². The van der Waals surface area contributed by atoms with Crippen molar-refractivity contribution in [3.63, 3.8) is 0 Å². The fraction of sp³-hybridized carbons (Fsp3) is 0.133. The van der Waals surface area contributed by atoms with E-state index in [1.54, 1.807) is 30.3 Å². The van der Waals surface area contributed by atoms with Crippen molar-refractivity contribution in [3.8, 4) is 0 Å². The molecule has 0 atom stereocenters. The van der Waals surface area contributed by atoms with E-state index in [1.807, 2.05) is 19.1 Å². The van der Waals surface area contributed by atoms with E-state index in [0.717, 1.165) is 15.4 Å². The van der Waals surface area contributed by atoms with E-state index in [-0.39, 0.29) is 5.78 Å². The summed E-state index contributed by atoms with van der Waals surface area (Å²) in [5.41, 5.74) is 2.67. The Morgan fingerprint density at radius 3 is 2.29 bits per heavy atom. The summed E-state index contributed by atoms with van der Waals surface area (Å²) in [6, 6.07) is 12.0. The van der Waals surface area contributed by atoms with Gasteiger partial charge in [0.2, 0.25) is 10.0 Å². The van der Waals surface area contributed by atoms with Crippen molar-refractivity contribution in [2.45, 2.75) is 6.92 Å². The summed E-state index contributed by atoms with van der Waals surface area (Å²) in [6.07, 6.45) is 1.08. The topological polar surface area (TPSA) is 63.2 Å². The highest BCUT2D eigenvalue weighted by Crippen LogP contribution is 2.21. The van der Waals surface area contributed by atoms with Crippen molar-refractivity contribution >= 4 is 44.1 Å². The van der Waals surface area contributed by atoms with Crippen molar-refractivity contribution in [3.05, 3.63) is 62.7 Å². The van der Waals surface area contributed by atoms with Crippen LogP contribution in [0.3, 0.4) is 0 Å². The van der Waals surface area contributed by atoms with E-state index in [1.165, 1.54) is 0 Å². The maximum atomic E-state index is 12.5. The van der Waals surface area contributed by atoms with Crippen molar-refractivity contribution in [2.75, 3.05) is 11.0 Å². The van der Waals surface area contributed by atoms with Gasteiger partial charge in [-0.2, -0.15) is 0 Å². The average Bonchev–Trinajstić information content (AvgIpc) is 2.40. The van der Waals surface area contributed by atoms with Crippen LogP contribution in [-0.2, 0) is 10.0 Å². The Hall–Kier alpha value is -1.41. The van der Waals surface area contributed by atoms with Gasteiger partial charge in [0, 0.05) is 20.4 Å². The Labute approximate surface area is 137 Å². The first-order chi connectivity index (χ1) is 9.78. The van der Waals surface area contributed by atoms with Gasteiger partial charge in [0.05, 0.1) is 6.26 Å². The number of sulfonamides is 1. The lowest BCUT2D eigenvalue weighted by Gasteiger charge is -2.08. The van der Waals surface area contributed by atoms with E-state index in [0.29, 0.717) is 16.8 Å². The minimum Gasteiger partial charge on any atom is -0.289 e. The summed E-state index contributed by atoms with van der Waals surface area (Å²) >= 11 is 2.16. The third kappa shape index (κ3) is 4.04. The molecule has 0 aromatic heterocycles. The summed E-state index contributed by atoms with van der Waals surface area (Å²) in [5.74, 6) is -0.0750. The van der Waals surface area contributed by atoms with Crippen molar-refractivity contribution in [2.24, 2.45) is 0 Å². The molecule has 0 aliphatic heterocycles. The highest BCUT2D eigenvalue weighted by molar-refractivity contribution is 14.1. The number of aryl methyl sites for hydroxylation is 1. The van der Waals surface area contributed by atoms with Gasteiger partial charge in [-0.1, -0.05) is 12.1 Å². The molecule has 2 rings (SSSR count). The molecule has 2 aromatic carbocycles. The molecule has 21 heavy (non-hydrogen) atoms. The maximum absolute atomic E-state index is 12.5. The number of hydrogen-bond acceptors (Lipinski definition) is 3. The van der Waals surface area contributed by atoms with Crippen LogP contribution in [0.15, 0.2) is 42.5 Å².